The number of nitrogens with zero attached hydrogens (tertiary/aromatic N) is 4. The summed E-state index contributed by atoms with van der Waals surface area (Å²) < 4.78 is 5.31. The Morgan fingerprint density at radius 3 is 2.58 bits per heavy atom. The zero-order chi connectivity index (χ0) is 16.7. The van der Waals surface area contributed by atoms with Crippen molar-refractivity contribution < 1.29 is 4.52 Å². The van der Waals surface area contributed by atoms with E-state index in [-0.39, 0.29) is 0 Å². The summed E-state index contributed by atoms with van der Waals surface area (Å²) >= 11 is 6.16. The average Bonchev–Trinajstić information content (AvgIpc) is 2.93. The van der Waals surface area contributed by atoms with Gasteiger partial charge in [-0.1, -0.05) is 11.2 Å². The van der Waals surface area contributed by atoms with Crippen molar-refractivity contribution >= 4 is 28.3 Å². The lowest BCUT2D eigenvalue weighted by Gasteiger charge is -2.28. The van der Waals surface area contributed by atoms with Crippen molar-refractivity contribution in [1.29, 1.82) is 0 Å². The summed E-state index contributed by atoms with van der Waals surface area (Å²) in [6, 6.07) is 6.16. The molecule has 1 aliphatic heterocycles. The molecule has 1 aromatic carbocycles. The zero-order valence-electron chi connectivity index (χ0n) is 13.8. The molecule has 124 valence electrons. The first kappa shape index (κ1) is 15.4. The van der Waals surface area contributed by atoms with Crippen molar-refractivity contribution in [2.75, 3.05) is 18.0 Å². The second-order valence-corrected chi connectivity index (χ2v) is 6.63. The van der Waals surface area contributed by atoms with Crippen molar-refractivity contribution in [2.24, 2.45) is 0 Å². The quantitative estimate of drug-likeness (QED) is 0.640. The predicted octanol–water partition coefficient (Wildman–Crippen LogP) is 4.55. The molecule has 1 saturated heterocycles. The van der Waals surface area contributed by atoms with Crippen LogP contribution in [0.3, 0.4) is 0 Å². The molecule has 0 atom stereocenters. The summed E-state index contributed by atoms with van der Waals surface area (Å²) in [5.41, 5.74) is 3.87. The Hall–Kier alpha value is -2.14. The minimum Gasteiger partial charge on any atom is -0.361 e. The van der Waals surface area contributed by atoms with E-state index in [1.54, 1.807) is 0 Å². The van der Waals surface area contributed by atoms with Gasteiger partial charge in [0.05, 0.1) is 11.2 Å². The number of piperidine rings is 1. The van der Waals surface area contributed by atoms with Crippen molar-refractivity contribution in [3.8, 4) is 11.1 Å². The third kappa shape index (κ3) is 2.63. The third-order valence-corrected chi connectivity index (χ3v) is 4.79. The number of hydrogen-bond acceptors (Lipinski definition) is 5. The van der Waals surface area contributed by atoms with Crippen LogP contribution in [0.25, 0.3) is 22.0 Å². The molecule has 2 aromatic heterocycles. The first-order valence-electron chi connectivity index (χ1n) is 8.29. The van der Waals surface area contributed by atoms with Crippen LogP contribution >= 0.6 is 11.6 Å². The minimum absolute atomic E-state index is 0.299. The summed E-state index contributed by atoms with van der Waals surface area (Å²) in [5, 5.41) is 5.39. The van der Waals surface area contributed by atoms with Gasteiger partial charge < -0.3 is 9.42 Å². The van der Waals surface area contributed by atoms with Gasteiger partial charge in [-0.05, 0) is 62.4 Å². The molecule has 3 aromatic rings. The van der Waals surface area contributed by atoms with Gasteiger partial charge in [-0.2, -0.15) is 4.98 Å². The molecule has 1 aliphatic rings. The highest BCUT2D eigenvalue weighted by Crippen LogP contribution is 2.33. The second kappa shape index (κ2) is 6.06. The Morgan fingerprint density at radius 2 is 1.88 bits per heavy atom. The number of anilines is 1. The van der Waals surface area contributed by atoms with Crippen molar-refractivity contribution in [2.45, 2.75) is 33.1 Å². The van der Waals surface area contributed by atoms with E-state index in [1.807, 2.05) is 26.0 Å². The molecule has 6 heteroatoms. The van der Waals surface area contributed by atoms with Crippen LogP contribution in [0.4, 0.5) is 5.82 Å². The van der Waals surface area contributed by atoms with Crippen molar-refractivity contribution in [3.05, 3.63) is 34.9 Å². The fourth-order valence-corrected chi connectivity index (χ4v) is 3.65. The van der Waals surface area contributed by atoms with Gasteiger partial charge in [0.1, 0.15) is 11.6 Å². The van der Waals surface area contributed by atoms with Gasteiger partial charge in [-0.3, -0.25) is 0 Å². The monoisotopic (exact) mass is 342 g/mol. The van der Waals surface area contributed by atoms with E-state index in [0.717, 1.165) is 52.4 Å². The molecule has 0 amide bonds. The standard InChI is InChI=1S/C18H19ClN4O/c1-11-16(12(2)24-22-11)13-6-7-15-14(10-13)17(21-18(19)20-15)23-8-4-3-5-9-23/h6-7,10H,3-5,8-9H2,1-2H3. The minimum atomic E-state index is 0.299. The van der Waals surface area contributed by atoms with Gasteiger partial charge in [-0.15, -0.1) is 0 Å². The Bertz CT molecular complexity index is 880. The largest absolute Gasteiger partial charge is 0.361 e. The van der Waals surface area contributed by atoms with Crippen LogP contribution in [0.2, 0.25) is 5.28 Å². The van der Waals surface area contributed by atoms with E-state index in [4.69, 9.17) is 16.1 Å². The lowest BCUT2D eigenvalue weighted by atomic mass is 10.0. The van der Waals surface area contributed by atoms with Crippen LogP contribution in [-0.4, -0.2) is 28.2 Å². The Labute approximate surface area is 145 Å². The second-order valence-electron chi connectivity index (χ2n) is 6.30. The molecule has 0 saturated carbocycles. The smallest absolute Gasteiger partial charge is 0.224 e. The lowest BCUT2D eigenvalue weighted by molar-refractivity contribution is 0.393. The highest BCUT2D eigenvalue weighted by Gasteiger charge is 2.19. The van der Waals surface area contributed by atoms with Gasteiger partial charge in [0, 0.05) is 24.0 Å². The van der Waals surface area contributed by atoms with Gasteiger partial charge in [0.25, 0.3) is 0 Å². The summed E-state index contributed by atoms with van der Waals surface area (Å²) in [4.78, 5) is 11.2. The molecule has 24 heavy (non-hydrogen) atoms. The van der Waals surface area contributed by atoms with Crippen LogP contribution < -0.4 is 4.90 Å². The fourth-order valence-electron chi connectivity index (χ4n) is 3.48. The van der Waals surface area contributed by atoms with E-state index in [0.29, 0.717) is 5.28 Å². The Kier molecular flexibility index (Phi) is 3.88. The maximum atomic E-state index is 6.16. The summed E-state index contributed by atoms with van der Waals surface area (Å²) in [7, 11) is 0. The molecule has 0 unspecified atom stereocenters. The molecule has 4 rings (SSSR count). The van der Waals surface area contributed by atoms with E-state index in [9.17, 15) is 0 Å². The molecule has 0 N–H and O–H groups in total. The number of aryl methyl sites for hydroxylation is 2. The molecule has 0 radical (unpaired) electrons. The number of halogens is 1. The van der Waals surface area contributed by atoms with Gasteiger partial charge >= 0.3 is 0 Å². The number of benzene rings is 1. The number of fused-ring (bicyclic) bond motifs is 1. The fraction of sp³-hybridized carbons (Fsp3) is 0.389. The maximum absolute atomic E-state index is 6.16. The topological polar surface area (TPSA) is 55.1 Å². The number of hydrogen-bond donors (Lipinski definition) is 0. The molecule has 3 heterocycles. The lowest BCUT2D eigenvalue weighted by Crippen LogP contribution is -2.30. The highest BCUT2D eigenvalue weighted by atomic mass is 35.5. The van der Waals surface area contributed by atoms with Crippen molar-refractivity contribution in [1.82, 2.24) is 15.1 Å². The summed E-state index contributed by atoms with van der Waals surface area (Å²) in [5.74, 6) is 1.75. The molecular formula is C18H19ClN4O. The molecule has 5 nitrogen and oxygen atoms in total. The Balaban J connectivity index is 1.90. The van der Waals surface area contributed by atoms with Crippen LogP contribution in [0.5, 0.6) is 0 Å². The molecule has 0 bridgehead atoms. The predicted molar refractivity (Wildman–Crippen MR) is 95.6 cm³/mol. The van der Waals surface area contributed by atoms with E-state index < -0.39 is 0 Å². The third-order valence-electron chi connectivity index (χ3n) is 4.63. The van der Waals surface area contributed by atoms with Crippen LogP contribution in [0.1, 0.15) is 30.7 Å². The Morgan fingerprint density at radius 1 is 1.08 bits per heavy atom. The molecule has 0 aliphatic carbocycles. The van der Waals surface area contributed by atoms with E-state index in [1.165, 1.54) is 19.3 Å². The van der Waals surface area contributed by atoms with E-state index in [2.05, 4.69) is 26.1 Å². The average molecular weight is 343 g/mol. The van der Waals surface area contributed by atoms with Crippen LogP contribution in [0.15, 0.2) is 22.7 Å². The van der Waals surface area contributed by atoms with E-state index >= 15 is 0 Å². The maximum Gasteiger partial charge on any atom is 0.224 e. The van der Waals surface area contributed by atoms with Crippen molar-refractivity contribution in [3.63, 3.8) is 0 Å². The van der Waals surface area contributed by atoms with Gasteiger partial charge in [0.2, 0.25) is 5.28 Å². The van der Waals surface area contributed by atoms with Gasteiger partial charge in [0.15, 0.2) is 0 Å². The SMILES string of the molecule is Cc1noc(C)c1-c1ccc2nc(Cl)nc(N3CCCCC3)c2c1. The normalized spacial score (nSPS) is 15.2. The van der Waals surface area contributed by atoms with Gasteiger partial charge in [-0.25, -0.2) is 4.98 Å². The summed E-state index contributed by atoms with van der Waals surface area (Å²) in [6.07, 6.45) is 3.65. The molecule has 1 fully saturated rings. The molecule has 0 spiro atoms. The number of aromatic nitrogens is 3. The molecular weight excluding hydrogens is 324 g/mol. The first-order valence-corrected chi connectivity index (χ1v) is 8.67. The number of rotatable bonds is 2. The zero-order valence-corrected chi connectivity index (χ0v) is 14.6. The first-order chi connectivity index (χ1) is 11.6. The summed E-state index contributed by atoms with van der Waals surface area (Å²) in [6.45, 7) is 5.92. The van der Waals surface area contributed by atoms with Crippen LogP contribution in [-0.2, 0) is 0 Å². The van der Waals surface area contributed by atoms with Crippen LogP contribution in [0, 0.1) is 13.8 Å². The highest BCUT2D eigenvalue weighted by molar-refractivity contribution is 6.28.